The lowest BCUT2D eigenvalue weighted by molar-refractivity contribution is 0.526. The van der Waals surface area contributed by atoms with Crippen LogP contribution < -0.4 is 10.0 Å². The Balaban J connectivity index is 2.63. The van der Waals surface area contributed by atoms with E-state index >= 15 is 0 Å². The summed E-state index contributed by atoms with van der Waals surface area (Å²) in [6.45, 7) is 7.70. The summed E-state index contributed by atoms with van der Waals surface area (Å²) in [5.74, 6) is 0. The van der Waals surface area contributed by atoms with Crippen LogP contribution in [0.3, 0.4) is 0 Å². The van der Waals surface area contributed by atoms with Gasteiger partial charge in [0.1, 0.15) is 0 Å². The number of unbranched alkanes of at least 4 members (excludes halogenated alkanes) is 2. The first kappa shape index (κ1) is 18.6. The zero-order valence-electron chi connectivity index (χ0n) is 13.3. The zero-order valence-corrected chi connectivity index (χ0v) is 14.9. The van der Waals surface area contributed by atoms with Gasteiger partial charge in [-0.1, -0.05) is 33.1 Å². The fraction of sp³-hybridized carbons (Fsp3) is 0.733. The molecule has 0 spiro atoms. The summed E-state index contributed by atoms with van der Waals surface area (Å²) < 4.78 is 27.7. The topological polar surface area (TPSA) is 58.2 Å². The second-order valence-electron chi connectivity index (χ2n) is 5.40. The van der Waals surface area contributed by atoms with Gasteiger partial charge in [0.2, 0.25) is 10.0 Å². The van der Waals surface area contributed by atoms with E-state index in [-0.39, 0.29) is 6.04 Å². The smallest absolute Gasteiger partial charge is 0.241 e. The minimum atomic E-state index is -3.40. The molecule has 1 heterocycles. The quantitative estimate of drug-likeness (QED) is 0.610. The van der Waals surface area contributed by atoms with Gasteiger partial charge < -0.3 is 5.32 Å². The van der Waals surface area contributed by atoms with Crippen LogP contribution >= 0.6 is 11.3 Å². The summed E-state index contributed by atoms with van der Waals surface area (Å²) in [6.07, 6.45) is 5.30. The maximum atomic E-state index is 12.5. The van der Waals surface area contributed by atoms with Crippen molar-refractivity contribution in [2.24, 2.45) is 0 Å². The minimum absolute atomic E-state index is 0.0158. The second kappa shape index (κ2) is 9.56. The highest BCUT2D eigenvalue weighted by atomic mass is 32.2. The van der Waals surface area contributed by atoms with Gasteiger partial charge in [-0.25, -0.2) is 13.1 Å². The maximum absolute atomic E-state index is 12.5. The molecule has 0 aliphatic carbocycles. The third kappa shape index (κ3) is 6.46. The summed E-state index contributed by atoms with van der Waals surface area (Å²) in [5.41, 5.74) is 0. The molecule has 0 amide bonds. The van der Waals surface area contributed by atoms with Crippen LogP contribution in [-0.4, -0.2) is 21.0 Å². The molecule has 1 atom stereocenters. The first-order valence-electron chi connectivity index (χ1n) is 7.80. The Morgan fingerprint density at radius 2 is 2.00 bits per heavy atom. The minimum Gasteiger partial charge on any atom is -0.312 e. The van der Waals surface area contributed by atoms with Crippen LogP contribution in [0.5, 0.6) is 0 Å². The van der Waals surface area contributed by atoms with Crippen LogP contribution in [0.4, 0.5) is 0 Å². The molecule has 0 radical (unpaired) electrons. The first-order chi connectivity index (χ1) is 10.0. The van der Waals surface area contributed by atoms with Crippen LogP contribution in [-0.2, 0) is 16.6 Å². The van der Waals surface area contributed by atoms with Crippen molar-refractivity contribution in [2.45, 2.75) is 70.4 Å². The van der Waals surface area contributed by atoms with Gasteiger partial charge in [-0.15, -0.1) is 11.3 Å². The molecule has 6 heteroatoms. The van der Waals surface area contributed by atoms with Crippen LogP contribution in [0, 0.1) is 0 Å². The van der Waals surface area contributed by atoms with E-state index in [1.165, 1.54) is 11.3 Å². The molecular formula is C15H28N2O2S2. The largest absolute Gasteiger partial charge is 0.312 e. The lowest BCUT2D eigenvalue weighted by atomic mass is 10.1. The maximum Gasteiger partial charge on any atom is 0.241 e. The molecule has 4 nitrogen and oxygen atoms in total. The number of nitrogens with one attached hydrogen (secondary N) is 2. The van der Waals surface area contributed by atoms with Gasteiger partial charge in [0, 0.05) is 17.5 Å². The zero-order chi connectivity index (χ0) is 15.7. The Morgan fingerprint density at radius 3 is 2.67 bits per heavy atom. The van der Waals surface area contributed by atoms with E-state index in [4.69, 9.17) is 0 Å². The Kier molecular flexibility index (Phi) is 8.48. The van der Waals surface area contributed by atoms with E-state index in [0.29, 0.717) is 11.4 Å². The summed E-state index contributed by atoms with van der Waals surface area (Å²) in [6, 6.07) is 1.69. The fourth-order valence-corrected chi connectivity index (χ4v) is 4.85. The molecular weight excluding hydrogens is 304 g/mol. The number of hydrogen-bond acceptors (Lipinski definition) is 4. The molecule has 1 aromatic heterocycles. The van der Waals surface area contributed by atoms with Gasteiger partial charge in [0.05, 0.1) is 4.90 Å². The number of thiophene rings is 1. The Bertz CT molecular complexity index is 498. The molecule has 1 rings (SSSR count). The molecule has 0 saturated heterocycles. The van der Waals surface area contributed by atoms with Crippen LogP contribution in [0.1, 0.15) is 57.8 Å². The first-order valence-corrected chi connectivity index (χ1v) is 10.2. The van der Waals surface area contributed by atoms with E-state index in [0.717, 1.165) is 43.5 Å². The van der Waals surface area contributed by atoms with Gasteiger partial charge in [-0.05, 0) is 37.8 Å². The van der Waals surface area contributed by atoms with Crippen LogP contribution in [0.25, 0.3) is 0 Å². The predicted molar refractivity (Wildman–Crippen MR) is 90.2 cm³/mol. The third-order valence-electron chi connectivity index (χ3n) is 3.30. The number of hydrogen-bond donors (Lipinski definition) is 2. The molecule has 0 saturated carbocycles. The lowest BCUT2D eigenvalue weighted by Gasteiger charge is -2.14. The molecule has 1 aromatic rings. The van der Waals surface area contributed by atoms with Crippen LogP contribution in [0.2, 0.25) is 0 Å². The van der Waals surface area contributed by atoms with Gasteiger partial charge in [-0.2, -0.15) is 0 Å². The Labute approximate surface area is 133 Å². The van der Waals surface area contributed by atoms with Crippen molar-refractivity contribution in [3.8, 4) is 0 Å². The summed E-state index contributed by atoms with van der Waals surface area (Å²) >= 11 is 1.49. The van der Waals surface area contributed by atoms with Crippen molar-refractivity contribution >= 4 is 21.4 Å². The molecule has 2 N–H and O–H groups in total. The van der Waals surface area contributed by atoms with Crippen molar-refractivity contribution in [3.63, 3.8) is 0 Å². The normalized spacial score (nSPS) is 13.5. The van der Waals surface area contributed by atoms with E-state index in [1.54, 1.807) is 6.07 Å². The van der Waals surface area contributed by atoms with Crippen molar-refractivity contribution < 1.29 is 8.42 Å². The predicted octanol–water partition coefficient (Wildman–Crippen LogP) is 3.49. The monoisotopic (exact) mass is 332 g/mol. The molecule has 1 unspecified atom stereocenters. The summed E-state index contributed by atoms with van der Waals surface area (Å²) in [5, 5.41) is 5.11. The van der Waals surface area contributed by atoms with E-state index in [1.807, 2.05) is 12.3 Å². The molecule has 122 valence electrons. The van der Waals surface area contributed by atoms with Gasteiger partial charge in [0.25, 0.3) is 0 Å². The number of rotatable bonds is 11. The van der Waals surface area contributed by atoms with E-state index in [9.17, 15) is 8.42 Å². The highest BCUT2D eigenvalue weighted by Crippen LogP contribution is 2.22. The molecule has 0 aliphatic rings. The lowest BCUT2D eigenvalue weighted by Crippen LogP contribution is -2.33. The molecule has 0 aliphatic heterocycles. The Hall–Kier alpha value is -0.430. The average molecular weight is 333 g/mol. The van der Waals surface area contributed by atoms with Crippen LogP contribution in [0.15, 0.2) is 16.3 Å². The Morgan fingerprint density at radius 1 is 1.24 bits per heavy atom. The summed E-state index contributed by atoms with van der Waals surface area (Å²) in [7, 11) is -3.40. The molecule has 21 heavy (non-hydrogen) atoms. The van der Waals surface area contributed by atoms with Crippen molar-refractivity contribution in [1.29, 1.82) is 0 Å². The van der Waals surface area contributed by atoms with Gasteiger partial charge in [-0.3, -0.25) is 0 Å². The van der Waals surface area contributed by atoms with Crippen molar-refractivity contribution in [3.05, 3.63) is 16.3 Å². The average Bonchev–Trinajstić information content (AvgIpc) is 2.88. The van der Waals surface area contributed by atoms with Crippen molar-refractivity contribution in [2.75, 3.05) is 6.54 Å². The van der Waals surface area contributed by atoms with E-state index < -0.39 is 10.0 Å². The number of sulfonamides is 1. The summed E-state index contributed by atoms with van der Waals surface area (Å²) in [4.78, 5) is 1.31. The second-order valence-corrected chi connectivity index (χ2v) is 8.09. The molecule has 0 fully saturated rings. The standard InChI is InChI=1S/C15H28N2O2S2/c1-4-6-7-8-13(3)17-21(18,19)15-9-11-20-14(15)12-16-10-5-2/h9,11,13,16-17H,4-8,10,12H2,1-3H3. The van der Waals surface area contributed by atoms with Gasteiger partial charge >= 0.3 is 0 Å². The van der Waals surface area contributed by atoms with E-state index in [2.05, 4.69) is 23.9 Å². The highest BCUT2D eigenvalue weighted by molar-refractivity contribution is 7.89. The third-order valence-corrected chi connectivity index (χ3v) is 6.03. The van der Waals surface area contributed by atoms with Crippen molar-refractivity contribution in [1.82, 2.24) is 10.0 Å². The fourth-order valence-electron chi connectivity index (χ4n) is 2.16. The van der Waals surface area contributed by atoms with Gasteiger partial charge in [0.15, 0.2) is 0 Å². The molecule has 0 aromatic carbocycles. The molecule has 0 bridgehead atoms. The highest BCUT2D eigenvalue weighted by Gasteiger charge is 2.21. The SMILES string of the molecule is CCCCCC(C)NS(=O)(=O)c1ccsc1CNCCC.